The van der Waals surface area contributed by atoms with Crippen molar-refractivity contribution in [2.45, 2.75) is 32.1 Å². The quantitative estimate of drug-likeness (QED) is 0.486. The molecule has 28 heavy (non-hydrogen) atoms. The maximum atomic E-state index is 12.4. The Morgan fingerprint density at radius 2 is 2.14 bits per heavy atom. The minimum absolute atomic E-state index is 0.0226. The Bertz CT molecular complexity index is 1160. The van der Waals surface area contributed by atoms with Gasteiger partial charge in [-0.25, -0.2) is 4.98 Å². The first kappa shape index (κ1) is 18.2. The molecule has 0 bridgehead atoms. The van der Waals surface area contributed by atoms with Gasteiger partial charge in [-0.2, -0.15) is 0 Å². The third-order valence-corrected chi connectivity index (χ3v) is 5.94. The maximum absolute atomic E-state index is 12.4. The van der Waals surface area contributed by atoms with Crippen molar-refractivity contribution in [3.05, 3.63) is 50.4 Å². The van der Waals surface area contributed by atoms with Crippen molar-refractivity contribution in [1.82, 2.24) is 9.97 Å². The molecule has 0 saturated carbocycles. The van der Waals surface area contributed by atoms with E-state index >= 15 is 0 Å². The number of H-pyrrole nitrogens is 1. The van der Waals surface area contributed by atoms with E-state index in [-0.39, 0.29) is 41.3 Å². The number of carbonyl (C=O) groups is 2. The zero-order chi connectivity index (χ0) is 19.8. The molecule has 1 aliphatic carbocycles. The summed E-state index contributed by atoms with van der Waals surface area (Å²) in [5.41, 5.74) is 6.48. The molecule has 1 aliphatic rings. The van der Waals surface area contributed by atoms with Gasteiger partial charge in [0.25, 0.3) is 11.5 Å². The van der Waals surface area contributed by atoms with Crippen LogP contribution in [0, 0.1) is 0 Å². The van der Waals surface area contributed by atoms with Crippen LogP contribution < -0.4 is 16.6 Å². The van der Waals surface area contributed by atoms with Crippen LogP contribution in [-0.2, 0) is 24.1 Å². The lowest BCUT2D eigenvalue weighted by Crippen LogP contribution is -2.19. The number of aromatic nitrogens is 2. The number of fused-ring (bicyclic) bond motifs is 3. The molecule has 2 aromatic heterocycles. The van der Waals surface area contributed by atoms with Crippen molar-refractivity contribution in [2.24, 2.45) is 5.73 Å². The molecule has 0 fully saturated rings. The standard InChI is InChI=1S/C19H18N4O4S/c20-17(26)11-8-9(24)4-5-12(11)21-15(25)7-6-14-22-18(27)16-10-2-1-3-13(10)28-19(16)23-14/h4-5,8,24H,1-3,6-7H2,(H2,20,26)(H,21,25)(H,22,23,27). The first-order chi connectivity index (χ1) is 13.4. The number of carbonyl (C=O) groups excluding carboxylic acids is 2. The summed E-state index contributed by atoms with van der Waals surface area (Å²) in [4.78, 5) is 45.4. The Kier molecular flexibility index (Phi) is 4.60. The number of nitrogens with one attached hydrogen (secondary N) is 2. The molecular weight excluding hydrogens is 380 g/mol. The van der Waals surface area contributed by atoms with Crippen LogP contribution in [0.3, 0.4) is 0 Å². The number of benzene rings is 1. The highest BCUT2D eigenvalue weighted by atomic mass is 32.1. The molecule has 2 amide bonds. The highest BCUT2D eigenvalue weighted by Gasteiger charge is 2.21. The second kappa shape index (κ2) is 7.08. The minimum Gasteiger partial charge on any atom is -0.508 e. The number of aromatic amines is 1. The van der Waals surface area contributed by atoms with E-state index in [0.29, 0.717) is 11.2 Å². The van der Waals surface area contributed by atoms with Crippen LogP contribution in [0.5, 0.6) is 5.75 Å². The van der Waals surface area contributed by atoms with Crippen molar-refractivity contribution in [3.8, 4) is 5.75 Å². The second-order valence-corrected chi connectivity index (χ2v) is 7.78. The van der Waals surface area contributed by atoms with Gasteiger partial charge in [-0.05, 0) is 43.0 Å². The number of hydrogen-bond acceptors (Lipinski definition) is 6. The molecule has 0 saturated heterocycles. The van der Waals surface area contributed by atoms with Gasteiger partial charge in [0, 0.05) is 17.7 Å². The van der Waals surface area contributed by atoms with Gasteiger partial charge >= 0.3 is 0 Å². The third kappa shape index (κ3) is 3.36. The Morgan fingerprint density at radius 3 is 2.93 bits per heavy atom. The predicted octanol–water partition coefficient (Wildman–Crippen LogP) is 1.85. The topological polar surface area (TPSA) is 138 Å². The van der Waals surface area contributed by atoms with Crippen LogP contribution in [0.1, 0.15) is 39.5 Å². The Labute approximate surface area is 163 Å². The van der Waals surface area contributed by atoms with Gasteiger partial charge in [0.1, 0.15) is 16.4 Å². The molecule has 4 rings (SSSR count). The number of phenolic OH excluding ortho intramolecular Hbond substituents is 1. The summed E-state index contributed by atoms with van der Waals surface area (Å²) in [6, 6.07) is 3.96. The molecule has 9 heteroatoms. The summed E-state index contributed by atoms with van der Waals surface area (Å²) in [5, 5.41) is 12.8. The van der Waals surface area contributed by atoms with Gasteiger partial charge in [-0.3, -0.25) is 14.4 Å². The number of aromatic hydroxyl groups is 1. The second-order valence-electron chi connectivity index (χ2n) is 6.69. The predicted molar refractivity (Wildman–Crippen MR) is 106 cm³/mol. The zero-order valence-corrected chi connectivity index (χ0v) is 15.7. The number of rotatable bonds is 5. The number of nitrogens with zero attached hydrogens (tertiary/aromatic N) is 1. The van der Waals surface area contributed by atoms with E-state index in [1.807, 2.05) is 0 Å². The van der Waals surface area contributed by atoms with E-state index < -0.39 is 5.91 Å². The number of phenols is 1. The van der Waals surface area contributed by atoms with Gasteiger partial charge in [0.15, 0.2) is 0 Å². The lowest BCUT2D eigenvalue weighted by atomic mass is 10.1. The number of amides is 2. The van der Waals surface area contributed by atoms with Crippen molar-refractivity contribution in [3.63, 3.8) is 0 Å². The molecule has 3 aromatic rings. The van der Waals surface area contributed by atoms with Crippen molar-refractivity contribution >= 4 is 39.1 Å². The Hall–Kier alpha value is -3.20. The van der Waals surface area contributed by atoms with Gasteiger partial charge in [0.2, 0.25) is 5.91 Å². The van der Waals surface area contributed by atoms with Crippen LogP contribution >= 0.6 is 11.3 Å². The maximum Gasteiger partial charge on any atom is 0.259 e. The van der Waals surface area contributed by atoms with Gasteiger partial charge in [-0.15, -0.1) is 11.3 Å². The number of nitrogens with two attached hydrogens (primary N) is 1. The summed E-state index contributed by atoms with van der Waals surface area (Å²) in [5.74, 6) is -0.781. The monoisotopic (exact) mass is 398 g/mol. The van der Waals surface area contributed by atoms with Crippen LogP contribution in [0.4, 0.5) is 5.69 Å². The fraction of sp³-hybridized carbons (Fsp3) is 0.263. The molecule has 0 atom stereocenters. The summed E-state index contributed by atoms with van der Waals surface area (Å²) in [6.07, 6.45) is 3.30. The average molecular weight is 398 g/mol. The molecule has 8 nitrogen and oxygen atoms in total. The molecule has 0 radical (unpaired) electrons. The van der Waals surface area contributed by atoms with Crippen molar-refractivity contribution in [2.75, 3.05) is 5.32 Å². The zero-order valence-electron chi connectivity index (χ0n) is 14.9. The van der Waals surface area contributed by atoms with Gasteiger partial charge in [0.05, 0.1) is 16.6 Å². The Balaban J connectivity index is 1.48. The summed E-state index contributed by atoms with van der Waals surface area (Å²) in [6.45, 7) is 0. The highest BCUT2D eigenvalue weighted by molar-refractivity contribution is 7.18. The molecule has 0 unspecified atom stereocenters. The molecule has 0 aliphatic heterocycles. The molecule has 144 valence electrons. The van der Waals surface area contributed by atoms with E-state index in [4.69, 9.17) is 5.73 Å². The SMILES string of the molecule is NC(=O)c1cc(O)ccc1NC(=O)CCc1nc2sc3c(c2c(=O)[nH]1)CCC3. The highest BCUT2D eigenvalue weighted by Crippen LogP contribution is 2.34. The summed E-state index contributed by atoms with van der Waals surface area (Å²) in [7, 11) is 0. The molecule has 2 heterocycles. The Morgan fingerprint density at radius 1 is 1.32 bits per heavy atom. The van der Waals surface area contributed by atoms with Crippen LogP contribution in [-0.4, -0.2) is 26.9 Å². The smallest absolute Gasteiger partial charge is 0.259 e. The molecule has 0 spiro atoms. The van der Waals surface area contributed by atoms with E-state index in [9.17, 15) is 19.5 Å². The van der Waals surface area contributed by atoms with Gasteiger partial charge in [-0.1, -0.05) is 0 Å². The lowest BCUT2D eigenvalue weighted by molar-refractivity contribution is -0.116. The third-order valence-electron chi connectivity index (χ3n) is 4.76. The number of hydrogen-bond donors (Lipinski definition) is 4. The van der Waals surface area contributed by atoms with E-state index in [1.165, 1.54) is 23.1 Å². The van der Waals surface area contributed by atoms with Crippen molar-refractivity contribution < 1.29 is 14.7 Å². The number of thiophene rings is 1. The lowest BCUT2D eigenvalue weighted by Gasteiger charge is -2.09. The molecular formula is C19H18N4O4S. The largest absolute Gasteiger partial charge is 0.508 e. The fourth-order valence-electron chi connectivity index (χ4n) is 3.45. The number of primary amides is 1. The van der Waals surface area contributed by atoms with Crippen LogP contribution in [0.25, 0.3) is 10.2 Å². The minimum atomic E-state index is -0.756. The van der Waals surface area contributed by atoms with Crippen LogP contribution in [0.15, 0.2) is 23.0 Å². The van der Waals surface area contributed by atoms with Gasteiger partial charge < -0.3 is 21.1 Å². The number of aryl methyl sites for hydroxylation is 3. The first-order valence-corrected chi connectivity index (χ1v) is 9.70. The fourth-order valence-corrected chi connectivity index (χ4v) is 4.74. The van der Waals surface area contributed by atoms with Crippen LogP contribution in [0.2, 0.25) is 0 Å². The summed E-state index contributed by atoms with van der Waals surface area (Å²) >= 11 is 1.55. The molecule has 5 N–H and O–H groups in total. The summed E-state index contributed by atoms with van der Waals surface area (Å²) < 4.78 is 0. The first-order valence-electron chi connectivity index (χ1n) is 8.88. The molecule has 1 aromatic carbocycles. The normalized spacial score (nSPS) is 12.9. The van der Waals surface area contributed by atoms with Crippen molar-refractivity contribution in [1.29, 1.82) is 0 Å². The number of anilines is 1. The van der Waals surface area contributed by atoms with E-state index in [0.717, 1.165) is 29.7 Å². The van der Waals surface area contributed by atoms with E-state index in [2.05, 4.69) is 15.3 Å². The average Bonchev–Trinajstić information content (AvgIpc) is 3.22. The van der Waals surface area contributed by atoms with E-state index in [1.54, 1.807) is 11.3 Å².